The second-order valence-electron chi connectivity index (χ2n) is 6.83. The number of amides is 4. The van der Waals surface area contributed by atoms with Gasteiger partial charge < -0.3 is 20.1 Å². The minimum Gasteiger partial charge on any atom is -0.395 e. The van der Waals surface area contributed by atoms with Crippen LogP contribution in [0.1, 0.15) is 12.5 Å². The number of halogens is 3. The fourth-order valence-electron chi connectivity index (χ4n) is 3.19. The van der Waals surface area contributed by atoms with E-state index in [0.29, 0.717) is 10.6 Å². The van der Waals surface area contributed by atoms with Crippen molar-refractivity contribution < 1.29 is 32.6 Å². The van der Waals surface area contributed by atoms with E-state index >= 15 is 0 Å². The normalized spacial score (nSPS) is 21.5. The third-order valence-electron chi connectivity index (χ3n) is 4.68. The summed E-state index contributed by atoms with van der Waals surface area (Å²) in [6, 6.07) is 9.32. The number of carbonyl (C=O) groups excluding carboxylic acids is 3. The number of alkyl halides is 2. The second-order valence-corrected chi connectivity index (χ2v) is 7.27. The van der Waals surface area contributed by atoms with E-state index in [1.54, 1.807) is 24.3 Å². The quantitative estimate of drug-likeness (QED) is 0.716. The van der Waals surface area contributed by atoms with Gasteiger partial charge in [-0.1, -0.05) is 23.7 Å². The van der Waals surface area contributed by atoms with E-state index in [1.807, 2.05) is 0 Å². The van der Waals surface area contributed by atoms with E-state index in [0.717, 1.165) is 11.0 Å². The standard InChI is InChI=1S/C19H14ClF2N3O5/c1-18(10-2-4-11(20)5-3-10)16(27)25(17(28)24-18)9-15(26)23-12-6-7-13-14(8-12)30-19(21,22)29-13/h2-8H,9H2,1H3,(H,23,26)(H,24,28)/t18-/m1/s1. The Balaban J connectivity index is 1.46. The molecule has 0 aromatic heterocycles. The molecule has 2 heterocycles. The molecular weight excluding hydrogens is 424 g/mol. The van der Waals surface area contributed by atoms with Crippen molar-refractivity contribution in [3.63, 3.8) is 0 Å². The van der Waals surface area contributed by atoms with Crippen molar-refractivity contribution in [1.29, 1.82) is 0 Å². The molecule has 8 nitrogen and oxygen atoms in total. The molecule has 0 saturated carbocycles. The van der Waals surface area contributed by atoms with Crippen LogP contribution < -0.4 is 20.1 Å². The number of nitrogens with zero attached hydrogens (tertiary/aromatic N) is 1. The average Bonchev–Trinajstić information content (AvgIpc) is 3.09. The molecule has 2 aliphatic rings. The summed E-state index contributed by atoms with van der Waals surface area (Å²) < 4.78 is 34.8. The maximum absolute atomic E-state index is 13.1. The third kappa shape index (κ3) is 3.50. The molecule has 1 atom stereocenters. The zero-order valence-corrected chi connectivity index (χ0v) is 16.1. The molecule has 30 heavy (non-hydrogen) atoms. The Hall–Kier alpha value is -3.40. The Kier molecular flexibility index (Phi) is 4.53. The van der Waals surface area contributed by atoms with Crippen LogP contribution in [0, 0.1) is 0 Å². The molecule has 2 aliphatic heterocycles. The van der Waals surface area contributed by atoms with Crippen molar-refractivity contribution in [2.45, 2.75) is 18.8 Å². The van der Waals surface area contributed by atoms with Gasteiger partial charge in [0.25, 0.3) is 5.91 Å². The molecule has 0 spiro atoms. The molecule has 0 radical (unpaired) electrons. The summed E-state index contributed by atoms with van der Waals surface area (Å²) in [5.74, 6) is -1.74. The maximum Gasteiger partial charge on any atom is 0.586 e. The van der Waals surface area contributed by atoms with E-state index in [9.17, 15) is 23.2 Å². The van der Waals surface area contributed by atoms with Crippen LogP contribution in [0.2, 0.25) is 5.02 Å². The number of rotatable bonds is 4. The van der Waals surface area contributed by atoms with Gasteiger partial charge in [0.2, 0.25) is 5.91 Å². The molecule has 4 rings (SSSR count). The van der Waals surface area contributed by atoms with Crippen LogP contribution in [0.15, 0.2) is 42.5 Å². The highest BCUT2D eigenvalue weighted by Crippen LogP contribution is 2.42. The zero-order valence-electron chi connectivity index (χ0n) is 15.4. The van der Waals surface area contributed by atoms with Gasteiger partial charge in [-0.15, -0.1) is 8.78 Å². The summed E-state index contributed by atoms with van der Waals surface area (Å²) in [6.45, 7) is 0.949. The van der Waals surface area contributed by atoms with Crippen LogP contribution in [-0.4, -0.2) is 35.6 Å². The van der Waals surface area contributed by atoms with Gasteiger partial charge in [0.05, 0.1) is 0 Å². The average molecular weight is 438 g/mol. The molecule has 1 saturated heterocycles. The lowest BCUT2D eigenvalue weighted by Crippen LogP contribution is -2.42. The van der Waals surface area contributed by atoms with Crippen LogP contribution in [0.25, 0.3) is 0 Å². The van der Waals surface area contributed by atoms with Gasteiger partial charge in [-0.2, -0.15) is 0 Å². The highest BCUT2D eigenvalue weighted by Gasteiger charge is 2.49. The summed E-state index contributed by atoms with van der Waals surface area (Å²) in [4.78, 5) is 38.3. The number of anilines is 1. The van der Waals surface area contributed by atoms with Gasteiger partial charge in [0, 0.05) is 16.8 Å². The van der Waals surface area contributed by atoms with E-state index in [4.69, 9.17) is 11.6 Å². The van der Waals surface area contributed by atoms with Gasteiger partial charge >= 0.3 is 12.3 Å². The Bertz CT molecular complexity index is 1060. The smallest absolute Gasteiger partial charge is 0.395 e. The first-order valence-corrected chi connectivity index (χ1v) is 9.05. The highest BCUT2D eigenvalue weighted by atomic mass is 35.5. The Morgan fingerprint density at radius 1 is 1.13 bits per heavy atom. The molecule has 2 aromatic rings. The number of hydrogen-bond donors (Lipinski definition) is 2. The minimum absolute atomic E-state index is 0.132. The number of benzene rings is 2. The number of carbonyl (C=O) groups is 3. The van der Waals surface area contributed by atoms with Crippen molar-refractivity contribution in [2.24, 2.45) is 0 Å². The summed E-state index contributed by atoms with van der Waals surface area (Å²) in [5, 5.41) is 5.47. The molecular formula is C19H14ClF2N3O5. The number of hydrogen-bond acceptors (Lipinski definition) is 5. The highest BCUT2D eigenvalue weighted by molar-refractivity contribution is 6.30. The minimum atomic E-state index is -3.78. The number of ether oxygens (including phenoxy) is 2. The molecule has 2 aromatic carbocycles. The van der Waals surface area contributed by atoms with Gasteiger partial charge in [0.1, 0.15) is 12.1 Å². The Labute approximate surface area is 173 Å². The summed E-state index contributed by atoms with van der Waals surface area (Å²) in [6.07, 6.45) is -3.78. The molecule has 4 amide bonds. The van der Waals surface area contributed by atoms with Crippen LogP contribution in [0.3, 0.4) is 0 Å². The van der Waals surface area contributed by atoms with Crippen molar-refractivity contribution in [3.05, 3.63) is 53.1 Å². The molecule has 156 valence electrons. The van der Waals surface area contributed by atoms with Gasteiger partial charge in [-0.05, 0) is 36.8 Å². The lowest BCUT2D eigenvalue weighted by atomic mass is 9.92. The van der Waals surface area contributed by atoms with E-state index < -0.39 is 36.2 Å². The lowest BCUT2D eigenvalue weighted by Gasteiger charge is -2.22. The SMILES string of the molecule is C[C@]1(c2ccc(Cl)cc2)NC(=O)N(CC(=O)Nc2ccc3c(c2)OC(F)(F)O3)C1=O. The van der Waals surface area contributed by atoms with Gasteiger partial charge in [-0.25, -0.2) is 4.79 Å². The van der Waals surface area contributed by atoms with Crippen LogP contribution in [-0.2, 0) is 15.1 Å². The number of fused-ring (bicyclic) bond motifs is 1. The fraction of sp³-hybridized carbons (Fsp3) is 0.211. The van der Waals surface area contributed by atoms with E-state index in [2.05, 4.69) is 20.1 Å². The number of nitrogens with one attached hydrogen (secondary N) is 2. The van der Waals surface area contributed by atoms with Crippen LogP contribution in [0.4, 0.5) is 19.3 Å². The van der Waals surface area contributed by atoms with Crippen LogP contribution in [0.5, 0.6) is 11.5 Å². The third-order valence-corrected chi connectivity index (χ3v) is 4.94. The Morgan fingerprint density at radius 3 is 2.50 bits per heavy atom. The van der Waals surface area contributed by atoms with Crippen LogP contribution >= 0.6 is 11.6 Å². The number of urea groups is 1. The predicted octanol–water partition coefficient (Wildman–Crippen LogP) is 3.07. The fourth-order valence-corrected chi connectivity index (χ4v) is 3.32. The number of imide groups is 1. The van der Waals surface area contributed by atoms with Gasteiger partial charge in [0.15, 0.2) is 11.5 Å². The van der Waals surface area contributed by atoms with Crippen molar-refractivity contribution in [3.8, 4) is 11.5 Å². The topological polar surface area (TPSA) is 97.0 Å². The molecule has 1 fully saturated rings. The van der Waals surface area contributed by atoms with E-state index in [-0.39, 0.29) is 17.2 Å². The molecule has 0 bridgehead atoms. The monoisotopic (exact) mass is 437 g/mol. The first-order valence-electron chi connectivity index (χ1n) is 8.67. The lowest BCUT2D eigenvalue weighted by molar-refractivity contribution is -0.286. The van der Waals surface area contributed by atoms with E-state index in [1.165, 1.54) is 19.1 Å². The summed E-state index contributed by atoms with van der Waals surface area (Å²) >= 11 is 5.86. The summed E-state index contributed by atoms with van der Waals surface area (Å²) in [5.41, 5.74) is -0.718. The van der Waals surface area contributed by atoms with Crippen molar-refractivity contribution in [1.82, 2.24) is 10.2 Å². The van der Waals surface area contributed by atoms with Crippen molar-refractivity contribution >= 4 is 35.1 Å². The summed E-state index contributed by atoms with van der Waals surface area (Å²) in [7, 11) is 0. The first-order chi connectivity index (χ1) is 14.1. The molecule has 11 heteroatoms. The molecule has 0 aliphatic carbocycles. The molecule has 0 unspecified atom stereocenters. The molecule has 2 N–H and O–H groups in total. The largest absolute Gasteiger partial charge is 0.586 e. The van der Waals surface area contributed by atoms with Gasteiger partial charge in [-0.3, -0.25) is 14.5 Å². The zero-order chi connectivity index (χ0) is 21.7. The maximum atomic E-state index is 13.1. The predicted molar refractivity (Wildman–Crippen MR) is 100 cm³/mol. The second kappa shape index (κ2) is 6.84. The first kappa shape index (κ1) is 19.9. The Morgan fingerprint density at radius 2 is 1.80 bits per heavy atom. The van der Waals surface area contributed by atoms with Crippen molar-refractivity contribution in [2.75, 3.05) is 11.9 Å².